The standard InChI is InChI=1S/C15H23N3/c1-17(2)14-5-3-4-6-15(14)18-10-9-13(11-18)16-12-7-8-12/h3-6,12-13,16H,7-11H2,1-2H3. The Morgan fingerprint density at radius 3 is 2.61 bits per heavy atom. The molecule has 1 unspecified atom stereocenters. The Morgan fingerprint density at radius 1 is 1.11 bits per heavy atom. The zero-order chi connectivity index (χ0) is 12.5. The number of nitrogens with zero attached hydrogens (tertiary/aromatic N) is 2. The van der Waals surface area contributed by atoms with Crippen molar-refractivity contribution < 1.29 is 0 Å². The van der Waals surface area contributed by atoms with E-state index in [1.807, 2.05) is 0 Å². The summed E-state index contributed by atoms with van der Waals surface area (Å²) in [6.07, 6.45) is 4.04. The number of nitrogens with one attached hydrogen (secondary N) is 1. The zero-order valence-corrected chi connectivity index (χ0v) is 11.4. The largest absolute Gasteiger partial charge is 0.376 e. The van der Waals surface area contributed by atoms with Gasteiger partial charge in [0.2, 0.25) is 0 Å². The number of anilines is 2. The van der Waals surface area contributed by atoms with E-state index < -0.39 is 0 Å². The number of benzene rings is 1. The number of para-hydroxylation sites is 2. The van der Waals surface area contributed by atoms with E-state index in [1.54, 1.807) is 0 Å². The highest BCUT2D eigenvalue weighted by molar-refractivity contribution is 5.71. The van der Waals surface area contributed by atoms with Crippen LogP contribution in [0, 0.1) is 0 Å². The molecule has 0 radical (unpaired) electrons. The normalized spacial score (nSPS) is 23.4. The van der Waals surface area contributed by atoms with Crippen LogP contribution in [0.1, 0.15) is 19.3 Å². The van der Waals surface area contributed by atoms with Gasteiger partial charge in [0, 0.05) is 39.3 Å². The second-order valence-electron chi connectivity index (χ2n) is 5.76. The lowest BCUT2D eigenvalue weighted by molar-refractivity contribution is 0.548. The van der Waals surface area contributed by atoms with E-state index >= 15 is 0 Å². The molecule has 1 aromatic rings. The molecule has 1 saturated carbocycles. The van der Waals surface area contributed by atoms with Gasteiger partial charge in [-0.25, -0.2) is 0 Å². The lowest BCUT2D eigenvalue weighted by atomic mass is 10.2. The predicted octanol–water partition coefficient (Wildman–Crippen LogP) is 2.08. The third kappa shape index (κ3) is 2.46. The molecule has 3 heteroatoms. The fraction of sp³-hybridized carbons (Fsp3) is 0.600. The number of rotatable bonds is 4. The van der Waals surface area contributed by atoms with Gasteiger partial charge in [-0.15, -0.1) is 0 Å². The summed E-state index contributed by atoms with van der Waals surface area (Å²) in [5.41, 5.74) is 2.70. The Bertz CT molecular complexity index is 412. The van der Waals surface area contributed by atoms with Crippen LogP contribution in [0.4, 0.5) is 11.4 Å². The van der Waals surface area contributed by atoms with Gasteiger partial charge in [-0.3, -0.25) is 0 Å². The summed E-state index contributed by atoms with van der Waals surface area (Å²) >= 11 is 0. The molecule has 18 heavy (non-hydrogen) atoms. The molecule has 2 fully saturated rings. The quantitative estimate of drug-likeness (QED) is 0.876. The maximum atomic E-state index is 3.75. The lowest BCUT2D eigenvalue weighted by Gasteiger charge is -2.25. The van der Waals surface area contributed by atoms with Crippen molar-refractivity contribution in [3.05, 3.63) is 24.3 Å². The van der Waals surface area contributed by atoms with Crippen molar-refractivity contribution in [2.45, 2.75) is 31.3 Å². The van der Waals surface area contributed by atoms with Crippen LogP contribution in [-0.4, -0.2) is 39.3 Å². The third-order valence-electron chi connectivity index (χ3n) is 3.94. The fourth-order valence-electron chi connectivity index (χ4n) is 2.81. The molecule has 0 spiro atoms. The van der Waals surface area contributed by atoms with Crippen LogP contribution >= 0.6 is 0 Å². The average molecular weight is 245 g/mol. The Balaban J connectivity index is 1.71. The summed E-state index contributed by atoms with van der Waals surface area (Å²) in [5.74, 6) is 0. The molecular formula is C15H23N3. The maximum Gasteiger partial charge on any atom is 0.0604 e. The monoisotopic (exact) mass is 245 g/mol. The fourth-order valence-corrected chi connectivity index (χ4v) is 2.81. The molecule has 0 amide bonds. The molecule has 3 nitrogen and oxygen atoms in total. The van der Waals surface area contributed by atoms with Crippen molar-refractivity contribution in [3.63, 3.8) is 0 Å². The van der Waals surface area contributed by atoms with E-state index in [4.69, 9.17) is 0 Å². The van der Waals surface area contributed by atoms with E-state index in [-0.39, 0.29) is 0 Å². The summed E-state index contributed by atoms with van der Waals surface area (Å²) < 4.78 is 0. The highest BCUT2D eigenvalue weighted by Gasteiger charge is 2.29. The van der Waals surface area contributed by atoms with Crippen molar-refractivity contribution in [1.29, 1.82) is 0 Å². The molecule has 0 bridgehead atoms. The van der Waals surface area contributed by atoms with Gasteiger partial charge in [0.15, 0.2) is 0 Å². The van der Waals surface area contributed by atoms with Crippen molar-refractivity contribution >= 4 is 11.4 Å². The van der Waals surface area contributed by atoms with Crippen molar-refractivity contribution in [1.82, 2.24) is 5.32 Å². The van der Waals surface area contributed by atoms with Gasteiger partial charge in [0.1, 0.15) is 0 Å². The molecule has 98 valence electrons. The topological polar surface area (TPSA) is 18.5 Å². The molecule has 1 aliphatic heterocycles. The predicted molar refractivity (Wildman–Crippen MR) is 77.5 cm³/mol. The lowest BCUT2D eigenvalue weighted by Crippen LogP contribution is -2.34. The Kier molecular flexibility index (Phi) is 3.16. The highest BCUT2D eigenvalue weighted by Crippen LogP contribution is 2.31. The molecule has 1 saturated heterocycles. The molecule has 0 aromatic heterocycles. The van der Waals surface area contributed by atoms with Gasteiger partial charge in [-0.1, -0.05) is 12.1 Å². The number of hydrogen-bond donors (Lipinski definition) is 1. The van der Waals surface area contributed by atoms with Crippen LogP contribution in [0.5, 0.6) is 0 Å². The zero-order valence-electron chi connectivity index (χ0n) is 11.4. The van der Waals surface area contributed by atoms with Crippen molar-refractivity contribution in [2.75, 3.05) is 37.0 Å². The van der Waals surface area contributed by atoms with Gasteiger partial charge in [-0.2, -0.15) is 0 Å². The summed E-state index contributed by atoms with van der Waals surface area (Å²) in [6, 6.07) is 10.2. The van der Waals surface area contributed by atoms with E-state index in [2.05, 4.69) is 53.5 Å². The SMILES string of the molecule is CN(C)c1ccccc1N1CCC(NC2CC2)C1. The Hall–Kier alpha value is -1.22. The maximum absolute atomic E-state index is 3.75. The van der Waals surface area contributed by atoms with Crippen LogP contribution < -0.4 is 15.1 Å². The Labute approximate surface area is 110 Å². The molecule has 3 rings (SSSR count). The summed E-state index contributed by atoms with van der Waals surface area (Å²) in [7, 11) is 4.24. The molecule has 1 aliphatic carbocycles. The average Bonchev–Trinajstić information content (AvgIpc) is 3.05. The van der Waals surface area contributed by atoms with Gasteiger partial charge in [0.25, 0.3) is 0 Å². The van der Waals surface area contributed by atoms with E-state index in [0.717, 1.165) is 12.6 Å². The van der Waals surface area contributed by atoms with Crippen LogP contribution in [0.15, 0.2) is 24.3 Å². The molecular weight excluding hydrogens is 222 g/mol. The first-order valence-corrected chi connectivity index (χ1v) is 7.01. The van der Waals surface area contributed by atoms with E-state index in [1.165, 1.54) is 37.2 Å². The van der Waals surface area contributed by atoms with E-state index in [0.29, 0.717) is 6.04 Å². The Morgan fingerprint density at radius 2 is 1.89 bits per heavy atom. The van der Waals surface area contributed by atoms with Crippen LogP contribution in [0.25, 0.3) is 0 Å². The highest BCUT2D eigenvalue weighted by atomic mass is 15.2. The van der Waals surface area contributed by atoms with E-state index in [9.17, 15) is 0 Å². The summed E-state index contributed by atoms with van der Waals surface area (Å²) in [4.78, 5) is 4.73. The molecule has 1 heterocycles. The second kappa shape index (κ2) is 4.81. The second-order valence-corrected chi connectivity index (χ2v) is 5.76. The molecule has 1 atom stereocenters. The minimum Gasteiger partial charge on any atom is -0.376 e. The third-order valence-corrected chi connectivity index (χ3v) is 3.94. The van der Waals surface area contributed by atoms with Crippen molar-refractivity contribution in [2.24, 2.45) is 0 Å². The van der Waals surface area contributed by atoms with Gasteiger partial charge in [-0.05, 0) is 31.4 Å². The first-order chi connectivity index (χ1) is 8.74. The van der Waals surface area contributed by atoms with Crippen LogP contribution in [0.2, 0.25) is 0 Å². The van der Waals surface area contributed by atoms with Crippen LogP contribution in [-0.2, 0) is 0 Å². The smallest absolute Gasteiger partial charge is 0.0604 e. The molecule has 2 aliphatic rings. The van der Waals surface area contributed by atoms with Gasteiger partial charge in [0.05, 0.1) is 11.4 Å². The first kappa shape index (κ1) is 11.8. The number of hydrogen-bond acceptors (Lipinski definition) is 3. The molecule has 1 N–H and O–H groups in total. The van der Waals surface area contributed by atoms with Crippen molar-refractivity contribution in [3.8, 4) is 0 Å². The minimum atomic E-state index is 0.688. The summed E-state index contributed by atoms with van der Waals surface area (Å²) in [6.45, 7) is 2.33. The minimum absolute atomic E-state index is 0.688. The van der Waals surface area contributed by atoms with Crippen LogP contribution in [0.3, 0.4) is 0 Å². The van der Waals surface area contributed by atoms with Gasteiger partial charge >= 0.3 is 0 Å². The van der Waals surface area contributed by atoms with Gasteiger partial charge < -0.3 is 15.1 Å². The summed E-state index contributed by atoms with van der Waals surface area (Å²) in [5, 5.41) is 3.75. The molecule has 1 aromatic carbocycles. The first-order valence-electron chi connectivity index (χ1n) is 7.01.